The van der Waals surface area contributed by atoms with Gasteiger partial charge in [0.2, 0.25) is 0 Å². The van der Waals surface area contributed by atoms with E-state index in [0.29, 0.717) is 0 Å². The van der Waals surface area contributed by atoms with Gasteiger partial charge in [0.05, 0.1) is 27.3 Å². The molecule has 11 rings (SSSR count). The normalized spacial score (nSPS) is 13.9. The van der Waals surface area contributed by atoms with Crippen molar-refractivity contribution in [2.24, 2.45) is 0 Å². The molecule has 1 spiro atoms. The maximum atomic E-state index is 7.46. The minimum Gasteiger partial charge on any atom is -0.453 e. The van der Waals surface area contributed by atoms with Gasteiger partial charge in [0.1, 0.15) is 5.58 Å². The van der Waals surface area contributed by atoms with Gasteiger partial charge in [0.25, 0.3) is 0 Å². The van der Waals surface area contributed by atoms with Crippen LogP contribution in [0, 0.1) is 0 Å². The monoisotopic (exact) mass is 767 g/mol. The van der Waals surface area contributed by atoms with Crippen LogP contribution in [0.4, 0.5) is 17.1 Å². The van der Waals surface area contributed by atoms with Crippen molar-refractivity contribution in [2.75, 3.05) is 4.90 Å². The Morgan fingerprint density at radius 1 is 0.421 bits per heavy atom. The first-order valence-corrected chi connectivity index (χ1v) is 27.3. The van der Waals surface area contributed by atoms with Crippen LogP contribution in [-0.2, 0) is 5.41 Å². The predicted octanol–water partition coefficient (Wildman–Crippen LogP) is 13.6. The lowest BCUT2D eigenvalue weighted by atomic mass is 9.61. The van der Waals surface area contributed by atoms with E-state index >= 15 is 0 Å². The molecule has 1 aromatic heterocycles. The maximum Gasteiger partial charge on any atom is 0.159 e. The molecular formula is C53H45NOSi2. The molecule has 0 bridgehead atoms. The van der Waals surface area contributed by atoms with Crippen LogP contribution in [0.3, 0.4) is 0 Å². The average Bonchev–Trinajstić information content (AvgIpc) is 3.74. The summed E-state index contributed by atoms with van der Waals surface area (Å²) >= 11 is 0. The topological polar surface area (TPSA) is 16.4 Å². The second-order valence-corrected chi connectivity index (χ2v) is 28.3. The third-order valence-electron chi connectivity index (χ3n) is 12.8. The predicted molar refractivity (Wildman–Crippen MR) is 248 cm³/mol. The second kappa shape index (κ2) is 12.0. The number of hydrogen-bond acceptors (Lipinski definition) is 2. The number of anilines is 3. The Bertz CT molecular complexity index is 2980. The summed E-state index contributed by atoms with van der Waals surface area (Å²) in [5, 5.41) is 7.72. The molecular weight excluding hydrogens is 723 g/mol. The standard InChI is InChI=1S/C53H45NOSi2/c1-56(2,3)37-28-24-35(25-29-37)54(36-26-30-38(31-27-36)57(4,5)6)48-23-13-18-41-42-32-33-47-50(52(42)55-51(41)48)43-19-11-14-34-15-12-22-46(49(34)43)53(47)44-20-9-7-16-39(44)40-17-8-10-21-45(40)53/h7-33H,1-6H3. The Morgan fingerprint density at radius 2 is 0.930 bits per heavy atom. The van der Waals surface area contributed by atoms with E-state index in [2.05, 4.69) is 208 Å². The maximum absolute atomic E-state index is 7.46. The van der Waals surface area contributed by atoms with Gasteiger partial charge < -0.3 is 9.32 Å². The summed E-state index contributed by atoms with van der Waals surface area (Å²) < 4.78 is 7.46. The van der Waals surface area contributed by atoms with Crippen LogP contribution in [0.1, 0.15) is 22.3 Å². The molecule has 0 aliphatic heterocycles. The number of fused-ring (bicyclic) bond motifs is 13. The molecule has 0 atom stereocenters. The Hall–Kier alpha value is -5.95. The van der Waals surface area contributed by atoms with E-state index in [0.717, 1.165) is 39.0 Å². The Morgan fingerprint density at radius 3 is 1.53 bits per heavy atom. The molecule has 0 N–H and O–H groups in total. The molecule has 2 nitrogen and oxygen atoms in total. The highest BCUT2D eigenvalue weighted by Crippen LogP contribution is 2.63. The van der Waals surface area contributed by atoms with E-state index in [1.807, 2.05) is 0 Å². The number of nitrogens with zero attached hydrogens (tertiary/aromatic N) is 1. The van der Waals surface area contributed by atoms with Gasteiger partial charge in [-0.3, -0.25) is 0 Å². The molecule has 0 saturated carbocycles. The van der Waals surface area contributed by atoms with E-state index < -0.39 is 21.6 Å². The van der Waals surface area contributed by atoms with Crippen molar-refractivity contribution in [3.63, 3.8) is 0 Å². The minimum absolute atomic E-state index is 0.491. The summed E-state index contributed by atoms with van der Waals surface area (Å²) in [4.78, 5) is 2.40. The van der Waals surface area contributed by atoms with Crippen molar-refractivity contribution >= 4 is 76.3 Å². The van der Waals surface area contributed by atoms with Crippen LogP contribution in [0.5, 0.6) is 0 Å². The van der Waals surface area contributed by atoms with E-state index in [1.165, 1.54) is 65.7 Å². The lowest BCUT2D eigenvalue weighted by Gasteiger charge is -2.39. The van der Waals surface area contributed by atoms with Gasteiger partial charge in [-0.05, 0) is 80.0 Å². The summed E-state index contributed by atoms with van der Waals surface area (Å²) in [6.07, 6.45) is 0. The van der Waals surface area contributed by atoms with E-state index in [4.69, 9.17) is 4.42 Å². The summed E-state index contributed by atoms with van der Waals surface area (Å²) in [7, 11) is -2.99. The number of furan rings is 1. The van der Waals surface area contributed by atoms with Gasteiger partial charge in [-0.1, -0.05) is 183 Å². The van der Waals surface area contributed by atoms with Crippen molar-refractivity contribution < 1.29 is 4.42 Å². The molecule has 2 aliphatic carbocycles. The second-order valence-electron chi connectivity index (χ2n) is 18.1. The average molecular weight is 768 g/mol. The lowest BCUT2D eigenvalue weighted by molar-refractivity contribution is 0.667. The molecule has 0 amide bonds. The molecule has 0 saturated heterocycles. The Labute approximate surface area is 337 Å². The molecule has 0 fully saturated rings. The fourth-order valence-corrected chi connectivity index (χ4v) is 12.4. The number of benzene rings is 8. The van der Waals surface area contributed by atoms with E-state index in [-0.39, 0.29) is 0 Å². The highest BCUT2D eigenvalue weighted by molar-refractivity contribution is 6.89. The van der Waals surface area contributed by atoms with Crippen molar-refractivity contribution in [1.29, 1.82) is 0 Å². The van der Waals surface area contributed by atoms with E-state index in [9.17, 15) is 0 Å². The molecule has 1 heterocycles. The molecule has 0 radical (unpaired) electrons. The fraction of sp³-hybridized carbons (Fsp3) is 0.132. The number of para-hydroxylation sites is 1. The van der Waals surface area contributed by atoms with Gasteiger partial charge in [0.15, 0.2) is 5.58 Å². The summed E-state index contributed by atoms with van der Waals surface area (Å²) in [5.41, 5.74) is 15.0. The zero-order valence-electron chi connectivity index (χ0n) is 33.4. The molecule has 9 aromatic rings. The van der Waals surface area contributed by atoms with Crippen LogP contribution < -0.4 is 15.3 Å². The van der Waals surface area contributed by atoms with Gasteiger partial charge in [-0.25, -0.2) is 0 Å². The summed E-state index contributed by atoms with van der Waals surface area (Å²) in [6, 6.07) is 61.8. The third-order valence-corrected chi connectivity index (χ3v) is 16.9. The lowest BCUT2D eigenvalue weighted by Crippen LogP contribution is -2.37. The molecule has 4 heteroatoms. The fourth-order valence-electron chi connectivity index (χ4n) is 10.1. The van der Waals surface area contributed by atoms with Crippen LogP contribution in [0.15, 0.2) is 168 Å². The van der Waals surface area contributed by atoms with E-state index in [1.54, 1.807) is 0 Å². The number of hydrogen-bond donors (Lipinski definition) is 0. The van der Waals surface area contributed by atoms with Crippen molar-refractivity contribution in [3.05, 3.63) is 186 Å². The Balaban J connectivity index is 1.22. The van der Waals surface area contributed by atoms with Gasteiger partial charge >= 0.3 is 0 Å². The molecule has 57 heavy (non-hydrogen) atoms. The minimum atomic E-state index is -1.49. The molecule has 276 valence electrons. The van der Waals surface area contributed by atoms with Crippen molar-refractivity contribution in [3.8, 4) is 22.3 Å². The van der Waals surface area contributed by atoms with Crippen molar-refractivity contribution in [1.82, 2.24) is 0 Å². The van der Waals surface area contributed by atoms with Crippen molar-refractivity contribution in [2.45, 2.75) is 44.7 Å². The van der Waals surface area contributed by atoms with Gasteiger partial charge in [0, 0.05) is 27.7 Å². The first-order chi connectivity index (χ1) is 27.5. The first-order valence-electron chi connectivity index (χ1n) is 20.3. The first kappa shape index (κ1) is 34.3. The third kappa shape index (κ3) is 4.81. The molecule has 8 aromatic carbocycles. The molecule has 2 aliphatic rings. The smallest absolute Gasteiger partial charge is 0.159 e. The largest absolute Gasteiger partial charge is 0.453 e. The number of rotatable bonds is 5. The highest BCUT2D eigenvalue weighted by Gasteiger charge is 2.50. The molecule has 0 unspecified atom stereocenters. The van der Waals surface area contributed by atoms with Crippen LogP contribution >= 0.6 is 0 Å². The van der Waals surface area contributed by atoms with Crippen LogP contribution in [0.25, 0.3) is 55.0 Å². The zero-order valence-corrected chi connectivity index (χ0v) is 35.4. The van der Waals surface area contributed by atoms with Crippen LogP contribution in [0.2, 0.25) is 39.3 Å². The van der Waals surface area contributed by atoms with Gasteiger partial charge in [-0.2, -0.15) is 0 Å². The zero-order chi connectivity index (χ0) is 38.8. The van der Waals surface area contributed by atoms with Gasteiger partial charge in [-0.15, -0.1) is 0 Å². The van der Waals surface area contributed by atoms with Crippen LogP contribution in [-0.4, -0.2) is 16.1 Å². The highest BCUT2D eigenvalue weighted by atomic mass is 28.3. The Kier molecular flexibility index (Phi) is 7.24. The summed E-state index contributed by atoms with van der Waals surface area (Å²) in [6.45, 7) is 14.5. The SMILES string of the molecule is C[Si](C)(C)c1ccc(N(c2ccc([Si](C)(C)C)cc2)c2cccc3c2oc2c4c(ccc23)C2(c3ccccc3-c3ccccc32)c2cccc3cccc-4c23)cc1. The quantitative estimate of drug-likeness (QED) is 0.162. The summed E-state index contributed by atoms with van der Waals surface area (Å²) in [5.74, 6) is 0.